The molecule has 0 radical (unpaired) electrons. The maximum Gasteiger partial charge on any atom is 0.354 e. The summed E-state index contributed by atoms with van der Waals surface area (Å²) < 4.78 is 13.2. The molecular formula is C16H15FN2O2. The number of anilines is 1. The highest BCUT2D eigenvalue weighted by Gasteiger charge is 2.30. The monoisotopic (exact) mass is 286 g/mol. The van der Waals surface area contributed by atoms with Gasteiger partial charge in [0, 0.05) is 6.04 Å². The van der Waals surface area contributed by atoms with Gasteiger partial charge in [0.05, 0.1) is 0 Å². The summed E-state index contributed by atoms with van der Waals surface area (Å²) in [6.45, 7) is 0. The first-order valence-electron chi connectivity index (χ1n) is 6.84. The van der Waals surface area contributed by atoms with Crippen LogP contribution < -0.4 is 5.32 Å². The van der Waals surface area contributed by atoms with Crippen LogP contribution in [0, 0.1) is 5.82 Å². The number of rotatable bonds is 4. The Morgan fingerprint density at radius 2 is 2.00 bits per heavy atom. The van der Waals surface area contributed by atoms with Gasteiger partial charge in [-0.05, 0) is 48.6 Å². The van der Waals surface area contributed by atoms with Gasteiger partial charge in [0.25, 0.3) is 0 Å². The first-order valence-corrected chi connectivity index (χ1v) is 6.84. The van der Waals surface area contributed by atoms with Crippen molar-refractivity contribution in [3.63, 3.8) is 0 Å². The standard InChI is InChI=1S/C16H15FN2O2/c17-12-4-1-3-10(7-12)11-8-13(9-11)18-15-6-2-5-14(19-15)16(20)21/h1-7,11,13H,8-9H2,(H,18,19)(H,20,21). The summed E-state index contributed by atoms with van der Waals surface area (Å²) in [5.74, 6) is -0.330. The van der Waals surface area contributed by atoms with E-state index >= 15 is 0 Å². The number of carboxylic acid groups (broad SMARTS) is 1. The van der Waals surface area contributed by atoms with Crippen LogP contribution in [0.4, 0.5) is 10.2 Å². The number of aromatic nitrogens is 1. The van der Waals surface area contributed by atoms with Gasteiger partial charge in [0.2, 0.25) is 0 Å². The number of nitrogens with one attached hydrogen (secondary N) is 1. The molecule has 1 aromatic carbocycles. The molecule has 21 heavy (non-hydrogen) atoms. The normalized spacial score (nSPS) is 20.6. The van der Waals surface area contributed by atoms with Gasteiger partial charge in [0.1, 0.15) is 11.6 Å². The van der Waals surface area contributed by atoms with Crippen molar-refractivity contribution in [1.29, 1.82) is 0 Å². The van der Waals surface area contributed by atoms with Crippen molar-refractivity contribution in [3.8, 4) is 0 Å². The molecule has 5 heteroatoms. The minimum atomic E-state index is -1.04. The van der Waals surface area contributed by atoms with Gasteiger partial charge >= 0.3 is 5.97 Å². The molecule has 1 saturated carbocycles. The third kappa shape index (κ3) is 3.02. The molecule has 0 amide bonds. The molecule has 0 spiro atoms. The van der Waals surface area contributed by atoms with E-state index < -0.39 is 5.97 Å². The Balaban J connectivity index is 1.60. The lowest BCUT2D eigenvalue weighted by Gasteiger charge is -2.36. The Hall–Kier alpha value is -2.43. The van der Waals surface area contributed by atoms with Crippen molar-refractivity contribution in [3.05, 3.63) is 59.5 Å². The molecule has 1 aliphatic carbocycles. The molecule has 1 aromatic heterocycles. The zero-order chi connectivity index (χ0) is 14.8. The Labute approximate surface area is 121 Å². The Bertz CT molecular complexity index is 669. The number of pyridine rings is 1. The highest BCUT2D eigenvalue weighted by atomic mass is 19.1. The molecule has 1 aliphatic rings. The van der Waals surface area contributed by atoms with E-state index in [-0.39, 0.29) is 17.6 Å². The summed E-state index contributed by atoms with van der Waals surface area (Å²) in [7, 11) is 0. The minimum Gasteiger partial charge on any atom is -0.477 e. The topological polar surface area (TPSA) is 62.2 Å². The molecule has 2 N–H and O–H groups in total. The fraction of sp³-hybridized carbons (Fsp3) is 0.250. The smallest absolute Gasteiger partial charge is 0.354 e. The molecule has 0 saturated heterocycles. The molecule has 1 fully saturated rings. The van der Waals surface area contributed by atoms with Gasteiger partial charge < -0.3 is 10.4 Å². The van der Waals surface area contributed by atoms with Crippen molar-refractivity contribution < 1.29 is 14.3 Å². The van der Waals surface area contributed by atoms with E-state index in [4.69, 9.17) is 5.11 Å². The SMILES string of the molecule is O=C(O)c1cccc(NC2CC(c3cccc(F)c3)C2)n1. The largest absolute Gasteiger partial charge is 0.477 e. The zero-order valence-electron chi connectivity index (χ0n) is 11.3. The molecule has 0 bridgehead atoms. The third-order valence-corrected chi connectivity index (χ3v) is 3.78. The number of aromatic carboxylic acids is 1. The van der Waals surface area contributed by atoms with E-state index in [1.54, 1.807) is 24.3 Å². The zero-order valence-corrected chi connectivity index (χ0v) is 11.3. The molecule has 0 atom stereocenters. The number of carboxylic acids is 1. The van der Waals surface area contributed by atoms with E-state index in [2.05, 4.69) is 10.3 Å². The predicted molar refractivity (Wildman–Crippen MR) is 77.0 cm³/mol. The van der Waals surface area contributed by atoms with Crippen molar-refractivity contribution in [1.82, 2.24) is 4.98 Å². The van der Waals surface area contributed by atoms with Gasteiger partial charge in [-0.15, -0.1) is 0 Å². The van der Waals surface area contributed by atoms with Crippen LogP contribution in [0.3, 0.4) is 0 Å². The second-order valence-corrected chi connectivity index (χ2v) is 5.28. The molecule has 1 heterocycles. The first-order chi connectivity index (χ1) is 10.1. The van der Waals surface area contributed by atoms with E-state index in [0.717, 1.165) is 18.4 Å². The van der Waals surface area contributed by atoms with Crippen molar-refractivity contribution >= 4 is 11.8 Å². The van der Waals surface area contributed by atoms with Crippen molar-refractivity contribution in [2.75, 3.05) is 5.32 Å². The quantitative estimate of drug-likeness (QED) is 0.905. The predicted octanol–water partition coefficient (Wildman–Crippen LogP) is 3.28. The third-order valence-electron chi connectivity index (χ3n) is 3.78. The van der Waals surface area contributed by atoms with Gasteiger partial charge in [0.15, 0.2) is 5.69 Å². The van der Waals surface area contributed by atoms with E-state index in [0.29, 0.717) is 11.7 Å². The van der Waals surface area contributed by atoms with Gasteiger partial charge in [-0.1, -0.05) is 18.2 Å². The molecule has 4 nitrogen and oxygen atoms in total. The second kappa shape index (κ2) is 5.52. The summed E-state index contributed by atoms with van der Waals surface area (Å²) in [5.41, 5.74) is 1.04. The fourth-order valence-electron chi connectivity index (χ4n) is 2.61. The molecule has 0 unspecified atom stereocenters. The number of nitrogens with zero attached hydrogens (tertiary/aromatic N) is 1. The Kier molecular flexibility index (Phi) is 3.56. The van der Waals surface area contributed by atoms with Gasteiger partial charge in [-0.2, -0.15) is 0 Å². The van der Waals surface area contributed by atoms with Gasteiger partial charge in [-0.25, -0.2) is 14.2 Å². The lowest BCUT2D eigenvalue weighted by Crippen LogP contribution is -2.34. The summed E-state index contributed by atoms with van der Waals surface area (Å²) in [6, 6.07) is 11.8. The van der Waals surface area contributed by atoms with Gasteiger partial charge in [-0.3, -0.25) is 0 Å². The van der Waals surface area contributed by atoms with Crippen LogP contribution in [0.15, 0.2) is 42.5 Å². The average Bonchev–Trinajstić information content (AvgIpc) is 2.42. The summed E-state index contributed by atoms with van der Waals surface area (Å²) >= 11 is 0. The van der Waals surface area contributed by atoms with Crippen molar-refractivity contribution in [2.45, 2.75) is 24.8 Å². The van der Waals surface area contributed by atoms with Crippen LogP contribution in [0.2, 0.25) is 0 Å². The number of carbonyl (C=O) groups is 1. The highest BCUT2D eigenvalue weighted by molar-refractivity contribution is 5.85. The van der Waals surface area contributed by atoms with Crippen molar-refractivity contribution in [2.24, 2.45) is 0 Å². The molecular weight excluding hydrogens is 271 g/mol. The average molecular weight is 286 g/mol. The summed E-state index contributed by atoms with van der Waals surface area (Å²) in [5, 5.41) is 12.1. The van der Waals surface area contributed by atoms with Crippen LogP contribution in [-0.4, -0.2) is 22.1 Å². The Morgan fingerprint density at radius 1 is 1.24 bits per heavy atom. The molecule has 108 valence electrons. The van der Waals surface area contributed by atoms with Crippen LogP contribution >= 0.6 is 0 Å². The lowest BCUT2D eigenvalue weighted by molar-refractivity contribution is 0.0690. The highest BCUT2D eigenvalue weighted by Crippen LogP contribution is 2.38. The number of hydrogen-bond donors (Lipinski definition) is 2. The maximum atomic E-state index is 13.2. The van der Waals surface area contributed by atoms with E-state index in [1.165, 1.54) is 12.1 Å². The fourth-order valence-corrected chi connectivity index (χ4v) is 2.61. The van der Waals surface area contributed by atoms with Crippen LogP contribution in [0.25, 0.3) is 0 Å². The van der Waals surface area contributed by atoms with E-state index in [1.807, 2.05) is 6.07 Å². The second-order valence-electron chi connectivity index (χ2n) is 5.28. The first kappa shape index (κ1) is 13.5. The number of hydrogen-bond acceptors (Lipinski definition) is 3. The molecule has 0 aliphatic heterocycles. The summed E-state index contributed by atoms with van der Waals surface area (Å²) in [4.78, 5) is 14.9. The Morgan fingerprint density at radius 3 is 2.71 bits per heavy atom. The lowest BCUT2D eigenvalue weighted by atomic mass is 9.76. The summed E-state index contributed by atoms with van der Waals surface area (Å²) in [6.07, 6.45) is 1.78. The van der Waals surface area contributed by atoms with E-state index in [9.17, 15) is 9.18 Å². The van der Waals surface area contributed by atoms with Crippen LogP contribution in [0.1, 0.15) is 34.8 Å². The number of halogens is 1. The molecule has 2 aromatic rings. The minimum absolute atomic E-state index is 0.0287. The van der Waals surface area contributed by atoms with Crippen LogP contribution in [-0.2, 0) is 0 Å². The van der Waals surface area contributed by atoms with Crippen LogP contribution in [0.5, 0.6) is 0 Å². The molecule has 3 rings (SSSR count). The number of benzene rings is 1. The maximum absolute atomic E-state index is 13.2.